The number of hydrogen-bond acceptors (Lipinski definition) is 9. The molecule has 1 aromatic carbocycles. The number of urea groups is 1. The number of ether oxygens (including phenoxy) is 2. The fraction of sp³-hybridized carbons (Fsp3) is 0.564. The predicted molar refractivity (Wildman–Crippen MR) is 199 cm³/mol. The van der Waals surface area contributed by atoms with Crippen LogP contribution in [0.25, 0.3) is 11.3 Å². The van der Waals surface area contributed by atoms with Crippen molar-refractivity contribution in [1.29, 1.82) is 0 Å². The van der Waals surface area contributed by atoms with Gasteiger partial charge in [0.25, 0.3) is 5.91 Å². The molecule has 5 atom stereocenters. The summed E-state index contributed by atoms with van der Waals surface area (Å²) in [4.78, 5) is 61.9. The van der Waals surface area contributed by atoms with Crippen molar-refractivity contribution in [1.82, 2.24) is 30.6 Å². The second-order valence-corrected chi connectivity index (χ2v) is 17.7. The molecule has 7 rings (SSSR count). The van der Waals surface area contributed by atoms with Crippen LogP contribution in [-0.4, -0.2) is 96.3 Å². The van der Waals surface area contributed by atoms with E-state index in [0.717, 1.165) is 36.9 Å². The lowest BCUT2D eigenvalue weighted by molar-refractivity contribution is -0.141. The largest absolute Gasteiger partial charge is 0.377 e. The molecule has 3 aliphatic carbocycles. The van der Waals surface area contributed by atoms with E-state index in [1.807, 2.05) is 48.5 Å². The molecular formula is C39H50N6O8S. The Morgan fingerprint density at radius 1 is 1.02 bits per heavy atom. The van der Waals surface area contributed by atoms with Crippen LogP contribution in [0.5, 0.6) is 0 Å². The second kappa shape index (κ2) is 15.8. The first kappa shape index (κ1) is 38.0. The summed E-state index contributed by atoms with van der Waals surface area (Å²) >= 11 is 0. The summed E-state index contributed by atoms with van der Waals surface area (Å²) in [5, 5.41) is 8.74. The molecule has 54 heavy (non-hydrogen) atoms. The van der Waals surface area contributed by atoms with Gasteiger partial charge in [0.15, 0.2) is 0 Å². The third kappa shape index (κ3) is 8.47. The fourth-order valence-corrected chi connectivity index (χ4v) is 9.00. The Kier molecular flexibility index (Phi) is 11.1. The normalized spacial score (nSPS) is 29.1. The molecule has 290 valence electrons. The minimum Gasteiger partial charge on any atom is -0.377 e. The summed E-state index contributed by atoms with van der Waals surface area (Å²) in [6.45, 7) is 2.31. The molecular weight excluding hydrogens is 713 g/mol. The first-order chi connectivity index (χ1) is 26.0. The first-order valence-electron chi connectivity index (χ1n) is 19.1. The number of nitrogens with one attached hydrogen (secondary N) is 4. The van der Waals surface area contributed by atoms with E-state index < -0.39 is 68.2 Å². The standard InChI is InChI=1S/C39H50N6O8S/c1-38(18-19-38)54(50,51)44-36(48)39-23-27(39)12-8-20-52-21-9-17-32(42-37(49)41-28-13-5-6-14-28)35(47)45-24-30(22-33(45)34(46)43-39)53-25-29-15-7-16-31(40-29)26-10-3-2-4-11-26/h2-4,7-8,10-12,15-16,27-28,30,32-33H,5-6,9,13-14,17-25H2,1H3,(H,43,46)(H,44,48)(H2,41,42,49)/b12-8-/t27-,30-,32+,33+,39-/m1/s1. The van der Waals surface area contributed by atoms with Gasteiger partial charge in [0.2, 0.25) is 21.8 Å². The number of pyridine rings is 1. The first-order valence-corrected chi connectivity index (χ1v) is 20.6. The quantitative estimate of drug-likeness (QED) is 0.279. The molecule has 14 nitrogen and oxygen atoms in total. The number of carbonyl (C=O) groups excluding carboxylic acids is 4. The zero-order valence-electron chi connectivity index (χ0n) is 30.6. The molecule has 1 saturated heterocycles. The summed E-state index contributed by atoms with van der Waals surface area (Å²) in [5.74, 6) is -2.33. The van der Waals surface area contributed by atoms with Crippen molar-refractivity contribution in [2.24, 2.45) is 5.92 Å². The maximum Gasteiger partial charge on any atom is 0.315 e. The maximum atomic E-state index is 14.4. The zero-order valence-corrected chi connectivity index (χ0v) is 31.4. The molecule has 5 aliphatic rings. The van der Waals surface area contributed by atoms with Gasteiger partial charge in [-0.15, -0.1) is 0 Å². The molecule has 3 heterocycles. The molecule has 0 unspecified atom stereocenters. The van der Waals surface area contributed by atoms with Gasteiger partial charge in [0.05, 0.1) is 35.5 Å². The van der Waals surface area contributed by atoms with Crippen LogP contribution < -0.4 is 20.7 Å². The third-order valence-corrected chi connectivity index (χ3v) is 13.6. The molecule has 4 N–H and O–H groups in total. The van der Waals surface area contributed by atoms with Crippen LogP contribution in [0, 0.1) is 5.92 Å². The molecule has 0 spiro atoms. The SMILES string of the molecule is CC1(S(=O)(=O)NC(=O)[C@@]23C[C@H]2/C=C\COCCC[C@H](NC(=O)NC2CCCC2)C(=O)N2C[C@H](OCc4cccc(-c5ccccc5)n4)C[C@H]2C(=O)N3)CC1. The monoisotopic (exact) mass is 762 g/mol. The van der Waals surface area contributed by atoms with Gasteiger partial charge in [0.1, 0.15) is 17.6 Å². The summed E-state index contributed by atoms with van der Waals surface area (Å²) in [6, 6.07) is 13.0. The van der Waals surface area contributed by atoms with Crippen LogP contribution in [0.2, 0.25) is 0 Å². The molecule has 1 aromatic heterocycles. The van der Waals surface area contributed by atoms with E-state index in [9.17, 15) is 27.6 Å². The third-order valence-electron chi connectivity index (χ3n) is 11.4. The summed E-state index contributed by atoms with van der Waals surface area (Å²) < 4.78 is 39.5. The molecule has 15 heteroatoms. The van der Waals surface area contributed by atoms with Gasteiger partial charge in [-0.25, -0.2) is 13.2 Å². The highest BCUT2D eigenvalue weighted by Gasteiger charge is 2.63. The Labute approximate surface area is 316 Å². The number of benzene rings is 1. The summed E-state index contributed by atoms with van der Waals surface area (Å²) in [7, 11) is -3.98. The van der Waals surface area contributed by atoms with Crippen LogP contribution in [0.4, 0.5) is 4.79 Å². The van der Waals surface area contributed by atoms with Gasteiger partial charge in [-0.2, -0.15) is 0 Å². The topological polar surface area (TPSA) is 185 Å². The van der Waals surface area contributed by atoms with Gasteiger partial charge in [0, 0.05) is 37.1 Å². The minimum absolute atomic E-state index is 0.0368. The minimum atomic E-state index is -3.98. The summed E-state index contributed by atoms with van der Waals surface area (Å²) in [5.41, 5.74) is 0.891. The predicted octanol–water partition coefficient (Wildman–Crippen LogP) is 3.09. The summed E-state index contributed by atoms with van der Waals surface area (Å²) in [6.07, 6.45) is 8.69. The Morgan fingerprint density at radius 2 is 1.80 bits per heavy atom. The smallest absolute Gasteiger partial charge is 0.315 e. The number of fused-ring (bicyclic) bond motifs is 2. The van der Waals surface area contributed by atoms with Gasteiger partial charge >= 0.3 is 6.03 Å². The van der Waals surface area contributed by atoms with Crippen molar-refractivity contribution in [2.75, 3.05) is 19.8 Å². The lowest BCUT2D eigenvalue weighted by Crippen LogP contribution is -2.59. The van der Waals surface area contributed by atoms with E-state index in [2.05, 4.69) is 20.7 Å². The molecule has 2 aliphatic heterocycles. The Morgan fingerprint density at radius 3 is 2.56 bits per heavy atom. The average Bonchev–Trinajstić information content (AvgIpc) is 3.93. The van der Waals surface area contributed by atoms with E-state index in [1.165, 1.54) is 4.90 Å². The van der Waals surface area contributed by atoms with Crippen molar-refractivity contribution in [3.8, 4) is 11.3 Å². The molecule has 2 aromatic rings. The van der Waals surface area contributed by atoms with E-state index in [4.69, 9.17) is 14.5 Å². The van der Waals surface area contributed by atoms with Crippen molar-refractivity contribution in [2.45, 2.75) is 112 Å². The molecule has 4 fully saturated rings. The van der Waals surface area contributed by atoms with Crippen molar-refractivity contribution in [3.63, 3.8) is 0 Å². The average molecular weight is 763 g/mol. The maximum absolute atomic E-state index is 14.4. The number of nitrogens with zero attached hydrogens (tertiary/aromatic N) is 2. The Hall–Kier alpha value is -4.34. The zero-order chi connectivity index (χ0) is 37.9. The van der Waals surface area contributed by atoms with E-state index in [-0.39, 0.29) is 45.1 Å². The van der Waals surface area contributed by atoms with Crippen LogP contribution in [0.3, 0.4) is 0 Å². The van der Waals surface area contributed by atoms with Gasteiger partial charge in [-0.05, 0) is 64.0 Å². The number of carbonyl (C=O) groups is 4. The van der Waals surface area contributed by atoms with Gasteiger partial charge < -0.3 is 30.3 Å². The highest BCUT2D eigenvalue weighted by atomic mass is 32.2. The molecule has 5 amide bonds. The van der Waals surface area contributed by atoms with Crippen molar-refractivity contribution in [3.05, 3.63) is 66.4 Å². The number of rotatable bonds is 9. The number of sulfonamides is 1. The Bertz CT molecular complexity index is 1860. The van der Waals surface area contributed by atoms with Crippen LogP contribution in [0.15, 0.2) is 60.7 Å². The molecule has 0 radical (unpaired) electrons. The highest BCUT2D eigenvalue weighted by molar-refractivity contribution is 7.91. The Balaban J connectivity index is 1.12. The number of hydrogen-bond donors (Lipinski definition) is 4. The lowest BCUT2D eigenvalue weighted by Gasteiger charge is -2.30. The van der Waals surface area contributed by atoms with E-state index in [1.54, 1.807) is 19.1 Å². The van der Waals surface area contributed by atoms with Crippen LogP contribution in [0.1, 0.15) is 76.8 Å². The van der Waals surface area contributed by atoms with Gasteiger partial charge in [-0.1, -0.05) is 61.4 Å². The number of aromatic nitrogens is 1. The molecule has 3 saturated carbocycles. The molecule has 0 bridgehead atoms. The van der Waals surface area contributed by atoms with E-state index in [0.29, 0.717) is 31.6 Å². The van der Waals surface area contributed by atoms with Gasteiger partial charge in [-0.3, -0.25) is 24.1 Å². The lowest BCUT2D eigenvalue weighted by atomic mass is 10.1. The van der Waals surface area contributed by atoms with Crippen LogP contribution in [-0.2, 0) is 40.5 Å². The van der Waals surface area contributed by atoms with Crippen LogP contribution >= 0.6 is 0 Å². The number of amides is 5. The highest BCUT2D eigenvalue weighted by Crippen LogP contribution is 2.47. The van der Waals surface area contributed by atoms with Crippen molar-refractivity contribution >= 4 is 33.8 Å². The van der Waals surface area contributed by atoms with E-state index >= 15 is 0 Å². The van der Waals surface area contributed by atoms with Crippen molar-refractivity contribution < 1.29 is 37.1 Å². The fourth-order valence-electron chi connectivity index (χ4n) is 7.68. The second-order valence-electron chi connectivity index (χ2n) is 15.5.